The predicted molar refractivity (Wildman–Crippen MR) is 148 cm³/mol. The molecule has 0 radical (unpaired) electrons. The van der Waals surface area contributed by atoms with E-state index >= 15 is 0 Å². The molecule has 1 saturated carbocycles. The molecule has 1 unspecified atom stereocenters. The molecular weight excluding hydrogens is 492 g/mol. The van der Waals surface area contributed by atoms with Gasteiger partial charge in [0.05, 0.1) is 0 Å². The Morgan fingerprint density at radius 1 is 0.949 bits per heavy atom. The summed E-state index contributed by atoms with van der Waals surface area (Å²) in [6.45, 7) is 1.67. The normalized spacial score (nSPS) is 26.5. The van der Waals surface area contributed by atoms with E-state index in [4.69, 9.17) is 0 Å². The van der Waals surface area contributed by atoms with Crippen LogP contribution in [0, 0.1) is 5.92 Å². The molecule has 0 aromatic heterocycles. The number of nitrogens with one attached hydrogen (secondary N) is 2. The number of likely N-dealkylation sites (tertiary alicyclic amines) is 1. The molecule has 3 aromatic rings. The van der Waals surface area contributed by atoms with E-state index in [2.05, 4.69) is 10.6 Å². The molecule has 2 aliphatic heterocycles. The number of imide groups is 1. The average Bonchev–Trinajstić information content (AvgIpc) is 3.44. The van der Waals surface area contributed by atoms with Crippen molar-refractivity contribution in [3.05, 3.63) is 77.9 Å². The number of carbonyl (C=O) groups is 4. The van der Waals surface area contributed by atoms with Crippen molar-refractivity contribution < 1.29 is 19.2 Å². The quantitative estimate of drug-likeness (QED) is 0.486. The molecule has 0 spiro atoms. The minimum atomic E-state index is -1.15. The number of benzene rings is 3. The summed E-state index contributed by atoms with van der Waals surface area (Å²) in [5.41, 5.74) is 0.649. The van der Waals surface area contributed by atoms with Crippen LogP contribution in [0.1, 0.15) is 54.9 Å². The number of likely N-dealkylation sites (N-methyl/N-ethyl adjacent to an activating group) is 1. The fraction of sp³-hybridized carbons (Fsp3) is 0.355. The highest BCUT2D eigenvalue weighted by molar-refractivity contribution is 6.07. The largest absolute Gasteiger partial charge is 0.325 e. The molecule has 8 nitrogen and oxygen atoms in total. The Bertz CT molecular complexity index is 1490. The lowest BCUT2D eigenvalue weighted by atomic mass is 9.84. The molecular formula is C31H32N4O4. The first-order valence-corrected chi connectivity index (χ1v) is 13.6. The van der Waals surface area contributed by atoms with E-state index in [-0.39, 0.29) is 23.8 Å². The Kier molecular flexibility index (Phi) is 6.13. The van der Waals surface area contributed by atoms with Gasteiger partial charge in [0.25, 0.3) is 11.8 Å². The summed E-state index contributed by atoms with van der Waals surface area (Å²) in [6.07, 6.45) is 4.77. The summed E-state index contributed by atoms with van der Waals surface area (Å²) in [5.74, 6) is -0.323. The maximum atomic E-state index is 13.9. The van der Waals surface area contributed by atoms with Crippen LogP contribution < -0.4 is 10.6 Å². The number of rotatable bonds is 4. The fourth-order valence-corrected chi connectivity index (χ4v) is 6.54. The molecule has 6 rings (SSSR count). The van der Waals surface area contributed by atoms with Crippen LogP contribution in [0.2, 0.25) is 0 Å². The summed E-state index contributed by atoms with van der Waals surface area (Å²) in [7, 11) is 1.45. The molecule has 4 atom stereocenters. The number of carbonyl (C=O) groups excluding carboxylic acids is 4. The number of fused-ring (bicyclic) bond motifs is 2. The van der Waals surface area contributed by atoms with Crippen LogP contribution in [0.4, 0.5) is 10.5 Å². The summed E-state index contributed by atoms with van der Waals surface area (Å²) < 4.78 is 0. The SMILES string of the molecule is CN1C(=O)NC(C)(c2ccc(NC(=O)[C@@H]3C[C@@H]4CCCC[C@@H]4N3C(=O)c3ccc4ccccc4c3)cc2)C1=O. The Balaban J connectivity index is 1.24. The third-order valence-corrected chi connectivity index (χ3v) is 8.75. The maximum Gasteiger partial charge on any atom is 0.325 e. The van der Waals surface area contributed by atoms with Crippen LogP contribution in [0.15, 0.2) is 66.7 Å². The van der Waals surface area contributed by atoms with Crippen LogP contribution in [-0.2, 0) is 15.1 Å². The number of amides is 5. The third-order valence-electron chi connectivity index (χ3n) is 8.75. The van der Waals surface area contributed by atoms with Crippen molar-refractivity contribution >= 4 is 40.2 Å². The van der Waals surface area contributed by atoms with Gasteiger partial charge in [0.2, 0.25) is 5.91 Å². The van der Waals surface area contributed by atoms with E-state index < -0.39 is 17.6 Å². The molecule has 3 aromatic carbocycles. The Morgan fingerprint density at radius 3 is 2.38 bits per heavy atom. The molecule has 8 heteroatoms. The van der Waals surface area contributed by atoms with Crippen molar-refractivity contribution in [3.8, 4) is 0 Å². The molecule has 5 amide bonds. The first-order valence-electron chi connectivity index (χ1n) is 13.6. The van der Waals surface area contributed by atoms with Crippen LogP contribution >= 0.6 is 0 Å². The van der Waals surface area contributed by atoms with Crippen molar-refractivity contribution in [2.75, 3.05) is 12.4 Å². The molecule has 3 aliphatic rings. The molecule has 2 N–H and O–H groups in total. The van der Waals surface area contributed by atoms with Gasteiger partial charge in [0, 0.05) is 24.3 Å². The highest BCUT2D eigenvalue weighted by atomic mass is 16.2. The van der Waals surface area contributed by atoms with Gasteiger partial charge in [-0.25, -0.2) is 4.79 Å². The molecule has 0 bridgehead atoms. The lowest BCUT2D eigenvalue weighted by Gasteiger charge is -2.33. The zero-order valence-corrected chi connectivity index (χ0v) is 22.1. The van der Waals surface area contributed by atoms with Gasteiger partial charge >= 0.3 is 6.03 Å². The zero-order chi connectivity index (χ0) is 27.3. The molecule has 39 heavy (non-hydrogen) atoms. The molecule has 3 fully saturated rings. The predicted octanol–water partition coefficient (Wildman–Crippen LogP) is 4.65. The first kappa shape index (κ1) is 25.1. The van der Waals surface area contributed by atoms with E-state index in [9.17, 15) is 19.2 Å². The summed E-state index contributed by atoms with van der Waals surface area (Å²) in [5, 5.41) is 7.81. The summed E-state index contributed by atoms with van der Waals surface area (Å²) in [4.78, 5) is 55.1. The van der Waals surface area contributed by atoms with Crippen molar-refractivity contribution in [1.29, 1.82) is 0 Å². The average molecular weight is 525 g/mol. The van der Waals surface area contributed by atoms with Gasteiger partial charge in [0.1, 0.15) is 11.6 Å². The van der Waals surface area contributed by atoms with E-state index in [1.165, 1.54) is 7.05 Å². The summed E-state index contributed by atoms with van der Waals surface area (Å²) >= 11 is 0. The van der Waals surface area contributed by atoms with Crippen molar-refractivity contribution in [3.63, 3.8) is 0 Å². The third kappa shape index (κ3) is 4.24. The van der Waals surface area contributed by atoms with Gasteiger partial charge in [-0.05, 0) is 72.7 Å². The van der Waals surface area contributed by atoms with Crippen LogP contribution in [-0.4, -0.2) is 52.7 Å². The minimum Gasteiger partial charge on any atom is -0.324 e. The van der Waals surface area contributed by atoms with Gasteiger partial charge < -0.3 is 15.5 Å². The second-order valence-electron chi connectivity index (χ2n) is 11.1. The van der Waals surface area contributed by atoms with Crippen molar-refractivity contribution in [2.45, 2.75) is 56.7 Å². The number of hydrogen-bond acceptors (Lipinski definition) is 4. The fourth-order valence-electron chi connectivity index (χ4n) is 6.54. The lowest BCUT2D eigenvalue weighted by molar-refractivity contribution is -0.130. The van der Waals surface area contributed by atoms with Gasteiger partial charge in [0.15, 0.2) is 0 Å². The number of urea groups is 1. The van der Waals surface area contributed by atoms with Crippen LogP contribution in [0.5, 0.6) is 0 Å². The molecule has 2 heterocycles. The Labute approximate surface area is 227 Å². The smallest absolute Gasteiger partial charge is 0.324 e. The van der Waals surface area contributed by atoms with Crippen molar-refractivity contribution in [2.24, 2.45) is 5.92 Å². The first-order chi connectivity index (χ1) is 18.8. The maximum absolute atomic E-state index is 13.9. The second kappa shape index (κ2) is 9.52. The highest BCUT2D eigenvalue weighted by Gasteiger charge is 2.48. The number of anilines is 1. The van der Waals surface area contributed by atoms with Crippen LogP contribution in [0.3, 0.4) is 0 Å². The minimum absolute atomic E-state index is 0.0600. The van der Waals surface area contributed by atoms with Gasteiger partial charge in [-0.2, -0.15) is 0 Å². The van der Waals surface area contributed by atoms with Gasteiger partial charge in [-0.1, -0.05) is 55.3 Å². The number of hydrogen-bond donors (Lipinski definition) is 2. The zero-order valence-electron chi connectivity index (χ0n) is 22.1. The van der Waals surface area contributed by atoms with E-state index in [0.29, 0.717) is 29.2 Å². The second-order valence-corrected chi connectivity index (χ2v) is 11.1. The van der Waals surface area contributed by atoms with Crippen molar-refractivity contribution in [1.82, 2.24) is 15.1 Å². The highest BCUT2D eigenvalue weighted by Crippen LogP contribution is 2.41. The van der Waals surface area contributed by atoms with Crippen LogP contribution in [0.25, 0.3) is 10.8 Å². The van der Waals surface area contributed by atoms with E-state index in [1.54, 1.807) is 31.2 Å². The monoisotopic (exact) mass is 524 g/mol. The van der Waals surface area contributed by atoms with Gasteiger partial charge in [-0.3, -0.25) is 19.3 Å². The van der Waals surface area contributed by atoms with E-state index in [0.717, 1.165) is 41.4 Å². The van der Waals surface area contributed by atoms with Gasteiger partial charge in [-0.15, -0.1) is 0 Å². The number of nitrogens with zero attached hydrogens (tertiary/aromatic N) is 2. The molecule has 200 valence electrons. The molecule has 1 aliphatic carbocycles. The Hall–Kier alpha value is -4.20. The lowest BCUT2D eigenvalue weighted by Crippen LogP contribution is -2.47. The van der Waals surface area contributed by atoms with E-state index in [1.807, 2.05) is 47.4 Å². The Morgan fingerprint density at radius 2 is 1.67 bits per heavy atom. The molecule has 2 saturated heterocycles. The standard InChI is InChI=1S/C31H32N4O4/c1-31(29(38)34(2)30(39)33-31)23-13-15-24(16-14-23)32-27(36)26-18-21-9-5-6-10-25(21)35(26)28(37)22-12-11-19-7-3-4-8-20(19)17-22/h3-4,7-8,11-17,21,25-26H,5-6,9-10,18H2,1-2H3,(H,32,36)(H,33,39)/t21-,25-,26-,31?/m0/s1. The summed E-state index contributed by atoms with van der Waals surface area (Å²) in [6, 6.07) is 19.7. The topological polar surface area (TPSA) is 98.8 Å².